The van der Waals surface area contributed by atoms with E-state index < -0.39 is 0 Å². The van der Waals surface area contributed by atoms with Crippen LogP contribution in [0.1, 0.15) is 30.7 Å². The first-order valence-electron chi connectivity index (χ1n) is 8.46. The van der Waals surface area contributed by atoms with Crippen LogP contribution >= 0.6 is 23.1 Å². The molecule has 27 heavy (non-hydrogen) atoms. The molecule has 0 spiro atoms. The van der Waals surface area contributed by atoms with Crippen molar-refractivity contribution >= 4 is 50.7 Å². The van der Waals surface area contributed by atoms with E-state index in [4.69, 9.17) is 9.15 Å². The number of ether oxygens (including phenoxy) is 1. The zero-order valence-corrected chi connectivity index (χ0v) is 17.5. The van der Waals surface area contributed by atoms with Crippen molar-refractivity contribution in [1.29, 1.82) is 0 Å². The lowest BCUT2D eigenvalue weighted by atomic mass is 10.0. The highest BCUT2D eigenvalue weighted by Crippen LogP contribution is 2.35. The van der Waals surface area contributed by atoms with E-state index in [-0.39, 0.29) is 5.91 Å². The van der Waals surface area contributed by atoms with Gasteiger partial charge < -0.3 is 9.15 Å². The second-order valence-corrected chi connectivity index (χ2v) is 8.44. The Bertz CT molecular complexity index is 1020. The Kier molecular flexibility index (Phi) is 5.86. The molecule has 0 aliphatic rings. The van der Waals surface area contributed by atoms with Gasteiger partial charge in [0, 0.05) is 23.1 Å². The third-order valence-electron chi connectivity index (χ3n) is 4.17. The number of aryl methyl sites for hydroxylation is 2. The van der Waals surface area contributed by atoms with Gasteiger partial charge in [-0.25, -0.2) is 0 Å². The molecule has 0 saturated heterocycles. The summed E-state index contributed by atoms with van der Waals surface area (Å²) in [6.45, 7) is 7.88. The number of anilines is 1. The Morgan fingerprint density at radius 3 is 2.85 bits per heavy atom. The summed E-state index contributed by atoms with van der Waals surface area (Å²) in [6, 6.07) is 3.86. The highest BCUT2D eigenvalue weighted by molar-refractivity contribution is 8.01. The van der Waals surface area contributed by atoms with E-state index in [2.05, 4.69) is 15.5 Å². The summed E-state index contributed by atoms with van der Waals surface area (Å²) in [6.07, 6.45) is 1.54. The van der Waals surface area contributed by atoms with Crippen LogP contribution in [-0.2, 0) is 4.79 Å². The van der Waals surface area contributed by atoms with Crippen molar-refractivity contribution in [3.63, 3.8) is 0 Å². The van der Waals surface area contributed by atoms with Crippen molar-refractivity contribution in [2.24, 2.45) is 0 Å². The van der Waals surface area contributed by atoms with Crippen molar-refractivity contribution in [1.82, 2.24) is 10.2 Å². The van der Waals surface area contributed by atoms with Gasteiger partial charge in [-0.05, 0) is 43.7 Å². The third kappa shape index (κ3) is 4.17. The predicted molar refractivity (Wildman–Crippen MR) is 111 cm³/mol. The molecule has 6 nitrogen and oxygen atoms in total. The van der Waals surface area contributed by atoms with E-state index in [1.807, 2.05) is 39.8 Å². The minimum absolute atomic E-state index is 0.251. The van der Waals surface area contributed by atoms with Gasteiger partial charge in [-0.2, -0.15) is 0 Å². The number of methoxy groups -OCH3 is 1. The molecule has 1 amide bonds. The summed E-state index contributed by atoms with van der Waals surface area (Å²) in [4.78, 5) is 12.4. The van der Waals surface area contributed by atoms with E-state index in [1.165, 1.54) is 11.3 Å². The quantitative estimate of drug-likeness (QED) is 0.352. The van der Waals surface area contributed by atoms with Gasteiger partial charge in [0.1, 0.15) is 17.1 Å². The number of benzene rings is 1. The molecule has 3 aromatic rings. The minimum atomic E-state index is -0.251. The fraction of sp³-hybridized carbons (Fsp3) is 0.316. The van der Waals surface area contributed by atoms with E-state index >= 15 is 0 Å². The Balaban J connectivity index is 1.87. The topological polar surface area (TPSA) is 77.3 Å². The number of furan rings is 1. The van der Waals surface area contributed by atoms with E-state index in [0.29, 0.717) is 10.9 Å². The first-order valence-corrected chi connectivity index (χ1v) is 10.3. The van der Waals surface area contributed by atoms with Crippen molar-refractivity contribution < 1.29 is 13.9 Å². The molecule has 0 radical (unpaired) electrons. The summed E-state index contributed by atoms with van der Waals surface area (Å²) in [7, 11) is 1.61. The maximum atomic E-state index is 12.4. The van der Waals surface area contributed by atoms with E-state index in [0.717, 1.165) is 43.5 Å². The maximum Gasteiger partial charge on any atom is 0.250 e. The molecule has 3 rings (SSSR count). The second kappa shape index (κ2) is 8.14. The van der Waals surface area contributed by atoms with E-state index in [1.54, 1.807) is 24.9 Å². The molecule has 0 bridgehead atoms. The molecule has 0 unspecified atom stereocenters. The molecule has 0 fully saturated rings. The highest BCUT2D eigenvalue weighted by Gasteiger charge is 2.14. The number of nitrogens with one attached hydrogen (secondary N) is 1. The summed E-state index contributed by atoms with van der Waals surface area (Å²) < 4.78 is 12.1. The number of amides is 1. The molecular weight excluding hydrogens is 382 g/mol. The Morgan fingerprint density at radius 2 is 2.15 bits per heavy atom. The molecule has 1 N–H and O–H groups in total. The molecule has 0 aliphatic carbocycles. The van der Waals surface area contributed by atoms with Crippen LogP contribution in [0.3, 0.4) is 0 Å². The van der Waals surface area contributed by atoms with Crippen LogP contribution in [0.15, 0.2) is 27.0 Å². The SMILES string of the molecule is CCSc1nnc(NC(=O)/C=C(\C)c2cc3c(C)c(C)oc3cc2OC)s1. The van der Waals surface area contributed by atoms with Crippen molar-refractivity contribution in [2.75, 3.05) is 18.2 Å². The number of aromatic nitrogens is 2. The van der Waals surface area contributed by atoms with Gasteiger partial charge in [0.15, 0.2) is 4.34 Å². The van der Waals surface area contributed by atoms with Crippen LogP contribution < -0.4 is 10.1 Å². The molecule has 2 aromatic heterocycles. The lowest BCUT2D eigenvalue weighted by molar-refractivity contribution is -0.111. The van der Waals surface area contributed by atoms with Gasteiger partial charge >= 0.3 is 0 Å². The Hall–Kier alpha value is -2.32. The van der Waals surface area contributed by atoms with Gasteiger partial charge in [0.05, 0.1) is 7.11 Å². The largest absolute Gasteiger partial charge is 0.496 e. The highest BCUT2D eigenvalue weighted by atomic mass is 32.2. The van der Waals surface area contributed by atoms with Gasteiger partial charge in [-0.1, -0.05) is 30.0 Å². The second-order valence-electron chi connectivity index (χ2n) is 5.95. The van der Waals surface area contributed by atoms with Crippen molar-refractivity contribution in [2.45, 2.75) is 32.0 Å². The fourth-order valence-corrected chi connectivity index (χ4v) is 4.36. The number of allylic oxidation sites excluding steroid dienone is 1. The number of hydrogen-bond donors (Lipinski definition) is 1. The first-order chi connectivity index (χ1) is 12.9. The molecule has 0 aliphatic heterocycles. The fourth-order valence-electron chi connectivity index (χ4n) is 2.70. The van der Waals surface area contributed by atoms with Crippen LogP contribution in [0.25, 0.3) is 16.5 Å². The van der Waals surface area contributed by atoms with Crippen LogP contribution in [0.2, 0.25) is 0 Å². The van der Waals surface area contributed by atoms with Crippen LogP contribution in [0.4, 0.5) is 5.13 Å². The number of rotatable bonds is 6. The van der Waals surface area contributed by atoms with Gasteiger partial charge in [-0.3, -0.25) is 10.1 Å². The lowest BCUT2D eigenvalue weighted by Crippen LogP contribution is -2.08. The number of hydrogen-bond acceptors (Lipinski definition) is 7. The predicted octanol–water partition coefficient (Wildman–Crippen LogP) is 5.06. The van der Waals surface area contributed by atoms with E-state index in [9.17, 15) is 4.79 Å². The summed E-state index contributed by atoms with van der Waals surface area (Å²) in [5, 5.41) is 12.3. The van der Waals surface area contributed by atoms with Gasteiger partial charge in [-0.15, -0.1) is 10.2 Å². The van der Waals surface area contributed by atoms with Crippen molar-refractivity contribution in [3.05, 3.63) is 35.1 Å². The number of carbonyl (C=O) groups is 1. The molecule has 142 valence electrons. The number of fused-ring (bicyclic) bond motifs is 1. The molecular formula is C19H21N3O3S2. The molecule has 8 heteroatoms. The number of carbonyl (C=O) groups excluding carboxylic acids is 1. The first kappa shape index (κ1) is 19.4. The average Bonchev–Trinajstić information content (AvgIpc) is 3.18. The zero-order chi connectivity index (χ0) is 19.6. The van der Waals surface area contributed by atoms with Gasteiger partial charge in [0.25, 0.3) is 0 Å². The average molecular weight is 404 g/mol. The van der Waals surface area contributed by atoms with Crippen LogP contribution in [0.5, 0.6) is 5.75 Å². The Morgan fingerprint density at radius 1 is 1.37 bits per heavy atom. The minimum Gasteiger partial charge on any atom is -0.496 e. The number of nitrogens with zero attached hydrogens (tertiary/aromatic N) is 2. The standard InChI is InChI=1S/C19H21N3O3S2/c1-6-26-19-22-21-18(27-19)20-17(23)7-10(2)13-8-14-11(3)12(4)25-16(14)9-15(13)24-5/h7-9H,6H2,1-5H3,(H,20,21,23)/b10-7+. The number of thioether (sulfide) groups is 1. The summed E-state index contributed by atoms with van der Waals surface area (Å²) in [5.74, 6) is 2.20. The maximum absolute atomic E-state index is 12.4. The van der Waals surface area contributed by atoms with Gasteiger partial charge in [0.2, 0.25) is 11.0 Å². The molecule has 1 aromatic carbocycles. The third-order valence-corrected chi connectivity index (χ3v) is 6.03. The summed E-state index contributed by atoms with van der Waals surface area (Å²) in [5.41, 5.74) is 3.50. The van der Waals surface area contributed by atoms with Crippen LogP contribution in [0, 0.1) is 13.8 Å². The van der Waals surface area contributed by atoms with Crippen molar-refractivity contribution in [3.8, 4) is 5.75 Å². The smallest absolute Gasteiger partial charge is 0.250 e. The van der Waals surface area contributed by atoms with Crippen LogP contribution in [-0.4, -0.2) is 29.0 Å². The monoisotopic (exact) mass is 403 g/mol. The molecule has 0 atom stereocenters. The lowest BCUT2D eigenvalue weighted by Gasteiger charge is -2.09. The Labute approximate surface area is 166 Å². The summed E-state index contributed by atoms with van der Waals surface area (Å²) >= 11 is 2.96. The molecule has 0 saturated carbocycles. The normalized spacial score (nSPS) is 11.8. The molecule has 2 heterocycles. The zero-order valence-electron chi connectivity index (χ0n) is 15.9.